The molecule has 3 N–H and O–H groups in total. The van der Waals surface area contributed by atoms with Gasteiger partial charge in [0.2, 0.25) is 0 Å². The third kappa shape index (κ3) is 4.88. The second-order valence-electron chi connectivity index (χ2n) is 6.76. The molecule has 0 radical (unpaired) electrons. The van der Waals surface area contributed by atoms with Crippen molar-refractivity contribution in [1.82, 2.24) is 20.2 Å². The van der Waals surface area contributed by atoms with Gasteiger partial charge in [0.25, 0.3) is 11.8 Å². The third-order valence-corrected chi connectivity index (χ3v) is 5.66. The minimum atomic E-state index is -1.11. The zero-order valence-electron chi connectivity index (χ0n) is 16.9. The summed E-state index contributed by atoms with van der Waals surface area (Å²) in [6.07, 6.45) is 0. The van der Waals surface area contributed by atoms with Gasteiger partial charge in [-0.1, -0.05) is 30.3 Å². The standard InChI is InChI=1S/C22H16F2N6O2S/c23-16-11-17(24)18(10-15(16)21(25)31)26-22(32)14-8-4-5-9-19(14)33-12-20-27-28-29-30(20)13-6-2-1-3-7-13/h1-11H,12H2,(H2,25,31)(H,26,32). The smallest absolute Gasteiger partial charge is 0.256 e. The molecule has 4 rings (SSSR count). The van der Waals surface area contributed by atoms with Gasteiger partial charge in [-0.2, -0.15) is 4.68 Å². The van der Waals surface area contributed by atoms with Gasteiger partial charge in [0.15, 0.2) is 5.82 Å². The maximum absolute atomic E-state index is 14.2. The highest BCUT2D eigenvalue weighted by Gasteiger charge is 2.18. The summed E-state index contributed by atoms with van der Waals surface area (Å²) in [7, 11) is 0. The number of aromatic nitrogens is 4. The molecule has 0 atom stereocenters. The van der Waals surface area contributed by atoms with Gasteiger partial charge in [-0.15, -0.1) is 16.9 Å². The quantitative estimate of drug-likeness (QED) is 0.402. The molecule has 33 heavy (non-hydrogen) atoms. The fourth-order valence-corrected chi connectivity index (χ4v) is 3.97. The number of thioether (sulfide) groups is 1. The zero-order chi connectivity index (χ0) is 23.4. The second-order valence-corrected chi connectivity index (χ2v) is 7.77. The highest BCUT2D eigenvalue weighted by molar-refractivity contribution is 7.98. The second kappa shape index (κ2) is 9.57. The van der Waals surface area contributed by atoms with E-state index < -0.39 is 29.0 Å². The van der Waals surface area contributed by atoms with Crippen molar-refractivity contribution in [2.45, 2.75) is 10.6 Å². The summed E-state index contributed by atoms with van der Waals surface area (Å²) in [5.41, 5.74) is 5.27. The number of rotatable bonds is 7. The third-order valence-electron chi connectivity index (χ3n) is 4.59. The van der Waals surface area contributed by atoms with Crippen molar-refractivity contribution < 1.29 is 18.4 Å². The van der Waals surface area contributed by atoms with Crippen molar-refractivity contribution in [1.29, 1.82) is 0 Å². The Morgan fingerprint density at radius 3 is 2.45 bits per heavy atom. The first-order chi connectivity index (χ1) is 15.9. The Morgan fingerprint density at radius 1 is 0.970 bits per heavy atom. The van der Waals surface area contributed by atoms with Gasteiger partial charge in [-0.3, -0.25) is 9.59 Å². The van der Waals surface area contributed by atoms with Crippen LogP contribution in [0, 0.1) is 11.6 Å². The highest BCUT2D eigenvalue weighted by Crippen LogP contribution is 2.28. The van der Waals surface area contributed by atoms with Gasteiger partial charge in [0.1, 0.15) is 11.6 Å². The minimum Gasteiger partial charge on any atom is -0.366 e. The monoisotopic (exact) mass is 466 g/mol. The number of carbonyl (C=O) groups excluding carboxylic acids is 2. The molecular formula is C22H16F2N6O2S. The number of nitrogens with zero attached hydrogens (tertiary/aromatic N) is 4. The maximum Gasteiger partial charge on any atom is 0.256 e. The van der Waals surface area contributed by atoms with E-state index in [1.54, 1.807) is 28.9 Å². The Labute approximate surface area is 190 Å². The van der Waals surface area contributed by atoms with Gasteiger partial charge in [0, 0.05) is 11.0 Å². The predicted molar refractivity (Wildman–Crippen MR) is 118 cm³/mol. The summed E-state index contributed by atoms with van der Waals surface area (Å²) in [5, 5.41) is 14.1. The van der Waals surface area contributed by atoms with Crippen molar-refractivity contribution in [2.75, 3.05) is 5.32 Å². The number of carbonyl (C=O) groups is 2. The Balaban J connectivity index is 1.55. The number of anilines is 1. The molecule has 0 spiro atoms. The van der Waals surface area contributed by atoms with E-state index in [1.807, 2.05) is 30.3 Å². The molecule has 0 bridgehead atoms. The normalized spacial score (nSPS) is 10.7. The number of halogens is 2. The van der Waals surface area contributed by atoms with Crippen LogP contribution in [0.2, 0.25) is 0 Å². The molecule has 1 aromatic heterocycles. The van der Waals surface area contributed by atoms with Crippen molar-refractivity contribution in [3.05, 3.63) is 95.3 Å². The largest absolute Gasteiger partial charge is 0.366 e. The summed E-state index contributed by atoms with van der Waals surface area (Å²) in [4.78, 5) is 24.8. The molecule has 8 nitrogen and oxygen atoms in total. The summed E-state index contributed by atoms with van der Waals surface area (Å²) in [5.74, 6) is -2.93. The van der Waals surface area contributed by atoms with Crippen LogP contribution in [0.25, 0.3) is 5.69 Å². The molecule has 0 saturated heterocycles. The first kappa shape index (κ1) is 22.1. The average Bonchev–Trinajstić information content (AvgIpc) is 3.28. The van der Waals surface area contributed by atoms with Gasteiger partial charge in [-0.25, -0.2) is 8.78 Å². The number of nitrogens with two attached hydrogens (primary N) is 1. The van der Waals surface area contributed by atoms with Crippen molar-refractivity contribution in [3.8, 4) is 5.69 Å². The lowest BCUT2D eigenvalue weighted by Crippen LogP contribution is -2.17. The van der Waals surface area contributed by atoms with E-state index in [0.717, 1.165) is 11.8 Å². The van der Waals surface area contributed by atoms with Crippen LogP contribution in [0.4, 0.5) is 14.5 Å². The lowest BCUT2D eigenvalue weighted by molar-refractivity contribution is 0.0992. The first-order valence-electron chi connectivity index (χ1n) is 9.58. The topological polar surface area (TPSA) is 116 Å². The molecule has 0 unspecified atom stereocenters. The summed E-state index contributed by atoms with van der Waals surface area (Å²) < 4.78 is 29.5. The van der Waals surface area contributed by atoms with E-state index in [1.165, 1.54) is 11.8 Å². The number of nitrogens with one attached hydrogen (secondary N) is 1. The lowest BCUT2D eigenvalue weighted by atomic mass is 10.1. The fraction of sp³-hybridized carbons (Fsp3) is 0.0455. The number of amides is 2. The molecule has 4 aromatic rings. The van der Waals surface area contributed by atoms with Crippen LogP contribution in [-0.2, 0) is 5.75 Å². The fourth-order valence-electron chi connectivity index (χ4n) is 3.01. The van der Waals surface area contributed by atoms with E-state index in [0.29, 0.717) is 22.5 Å². The van der Waals surface area contributed by atoms with Crippen LogP contribution >= 0.6 is 11.8 Å². The Bertz CT molecular complexity index is 1330. The first-order valence-corrected chi connectivity index (χ1v) is 10.6. The van der Waals surface area contributed by atoms with Crippen LogP contribution in [0.1, 0.15) is 26.5 Å². The number of hydrogen-bond donors (Lipinski definition) is 2. The van der Waals surface area contributed by atoms with Crippen LogP contribution in [0.5, 0.6) is 0 Å². The lowest BCUT2D eigenvalue weighted by Gasteiger charge is -2.11. The van der Waals surface area contributed by atoms with Crippen molar-refractivity contribution in [3.63, 3.8) is 0 Å². The molecule has 11 heteroatoms. The average molecular weight is 466 g/mol. The molecule has 0 fully saturated rings. The van der Waals surface area contributed by atoms with E-state index >= 15 is 0 Å². The van der Waals surface area contributed by atoms with Gasteiger partial charge >= 0.3 is 0 Å². The molecule has 3 aromatic carbocycles. The molecule has 1 heterocycles. The summed E-state index contributed by atoms with van der Waals surface area (Å²) in [6.45, 7) is 0. The van der Waals surface area contributed by atoms with Crippen LogP contribution in [-0.4, -0.2) is 32.0 Å². The molecule has 2 amide bonds. The van der Waals surface area contributed by atoms with Crippen molar-refractivity contribution >= 4 is 29.3 Å². The van der Waals surface area contributed by atoms with E-state index in [2.05, 4.69) is 20.8 Å². The SMILES string of the molecule is NC(=O)c1cc(NC(=O)c2ccccc2SCc2nnnn2-c2ccccc2)c(F)cc1F. The Kier molecular flexibility index (Phi) is 6.41. The van der Waals surface area contributed by atoms with Gasteiger partial charge in [-0.05, 0) is 40.8 Å². The van der Waals surface area contributed by atoms with E-state index in [4.69, 9.17) is 5.73 Å². The van der Waals surface area contributed by atoms with Gasteiger partial charge < -0.3 is 11.1 Å². The van der Waals surface area contributed by atoms with E-state index in [9.17, 15) is 18.4 Å². The van der Waals surface area contributed by atoms with Crippen LogP contribution in [0.3, 0.4) is 0 Å². The summed E-state index contributed by atoms with van der Waals surface area (Å²) >= 11 is 1.32. The predicted octanol–water partition coefficient (Wildman–Crippen LogP) is 3.58. The minimum absolute atomic E-state index is 0.255. The number of primary amides is 1. The zero-order valence-corrected chi connectivity index (χ0v) is 17.7. The Morgan fingerprint density at radius 2 is 1.70 bits per heavy atom. The molecule has 0 aliphatic carbocycles. The number of hydrogen-bond acceptors (Lipinski definition) is 6. The molecule has 0 aliphatic heterocycles. The van der Waals surface area contributed by atoms with Crippen LogP contribution < -0.4 is 11.1 Å². The maximum atomic E-state index is 14.2. The summed E-state index contributed by atoms with van der Waals surface area (Å²) in [6, 6.07) is 17.4. The molecule has 0 saturated carbocycles. The number of para-hydroxylation sites is 1. The van der Waals surface area contributed by atoms with E-state index in [-0.39, 0.29) is 11.3 Å². The van der Waals surface area contributed by atoms with Crippen LogP contribution in [0.15, 0.2) is 71.6 Å². The Hall–Kier alpha value is -4.12. The number of tetrazole rings is 1. The van der Waals surface area contributed by atoms with Crippen molar-refractivity contribution in [2.24, 2.45) is 5.73 Å². The molecule has 166 valence electrons. The molecule has 0 aliphatic rings. The molecular weight excluding hydrogens is 450 g/mol. The number of benzene rings is 3. The highest BCUT2D eigenvalue weighted by atomic mass is 32.2. The van der Waals surface area contributed by atoms with Gasteiger partial charge in [0.05, 0.1) is 28.3 Å².